The normalized spacial score (nSPS) is 11.6. The van der Waals surface area contributed by atoms with E-state index in [9.17, 15) is 8.42 Å². The summed E-state index contributed by atoms with van der Waals surface area (Å²) in [6, 6.07) is 10.8. The summed E-state index contributed by atoms with van der Waals surface area (Å²) in [4.78, 5) is 0. The molecule has 96 valence electrons. The van der Waals surface area contributed by atoms with E-state index in [0.29, 0.717) is 10.8 Å². The molecular formula is C12H14N2O2S2. The molecule has 2 aromatic rings. The first-order valence-corrected chi connectivity index (χ1v) is 7.79. The van der Waals surface area contributed by atoms with Gasteiger partial charge in [0.2, 0.25) is 10.0 Å². The van der Waals surface area contributed by atoms with Crippen molar-refractivity contribution in [3.63, 3.8) is 0 Å². The predicted octanol–water partition coefficient (Wildman–Crippen LogP) is 1.69. The molecule has 0 saturated carbocycles. The zero-order chi connectivity index (χ0) is 13.0. The summed E-state index contributed by atoms with van der Waals surface area (Å²) in [5.41, 5.74) is 7.43. The Morgan fingerprint density at radius 2 is 1.78 bits per heavy atom. The van der Waals surface area contributed by atoms with Crippen LogP contribution in [-0.4, -0.2) is 8.42 Å². The van der Waals surface area contributed by atoms with Crippen LogP contribution in [0.4, 0.5) is 0 Å². The smallest absolute Gasteiger partial charge is 0.250 e. The molecule has 0 amide bonds. The Morgan fingerprint density at radius 3 is 2.33 bits per heavy atom. The molecule has 18 heavy (non-hydrogen) atoms. The maximum absolute atomic E-state index is 11.9. The van der Waals surface area contributed by atoms with Gasteiger partial charge in [-0.05, 0) is 22.6 Å². The van der Waals surface area contributed by atoms with Crippen LogP contribution in [0.3, 0.4) is 0 Å². The van der Waals surface area contributed by atoms with E-state index in [1.165, 1.54) is 11.3 Å². The predicted molar refractivity (Wildman–Crippen MR) is 72.7 cm³/mol. The van der Waals surface area contributed by atoms with Gasteiger partial charge in [0.1, 0.15) is 4.21 Å². The van der Waals surface area contributed by atoms with Gasteiger partial charge in [-0.15, -0.1) is 11.3 Å². The van der Waals surface area contributed by atoms with Crippen molar-refractivity contribution in [1.29, 1.82) is 0 Å². The first-order chi connectivity index (χ1) is 8.62. The minimum atomic E-state index is -3.39. The molecule has 0 atom stereocenters. The number of nitrogens with one attached hydrogen (secondary N) is 1. The number of benzene rings is 1. The summed E-state index contributed by atoms with van der Waals surface area (Å²) >= 11 is 1.20. The molecule has 0 unspecified atom stereocenters. The molecule has 0 spiro atoms. The molecule has 4 nitrogen and oxygen atoms in total. The number of rotatable bonds is 5. The van der Waals surface area contributed by atoms with Crippen LogP contribution < -0.4 is 10.5 Å². The lowest BCUT2D eigenvalue weighted by Gasteiger charge is -2.05. The van der Waals surface area contributed by atoms with E-state index in [-0.39, 0.29) is 6.54 Å². The van der Waals surface area contributed by atoms with Crippen LogP contribution in [0.5, 0.6) is 0 Å². The monoisotopic (exact) mass is 282 g/mol. The maximum atomic E-state index is 11.9. The summed E-state index contributed by atoms with van der Waals surface area (Å²) in [5.74, 6) is 0. The number of thiophene rings is 1. The molecule has 0 saturated heterocycles. The SMILES string of the molecule is NCc1ccc(CNS(=O)(=O)c2cccs2)cc1. The average Bonchev–Trinajstić information content (AvgIpc) is 2.92. The minimum Gasteiger partial charge on any atom is -0.326 e. The van der Waals surface area contributed by atoms with E-state index in [4.69, 9.17) is 5.73 Å². The fourth-order valence-corrected chi connectivity index (χ4v) is 3.51. The van der Waals surface area contributed by atoms with Crippen molar-refractivity contribution in [2.24, 2.45) is 5.73 Å². The van der Waals surface area contributed by atoms with Crippen molar-refractivity contribution in [2.75, 3.05) is 0 Å². The van der Waals surface area contributed by atoms with Crippen LogP contribution in [0.2, 0.25) is 0 Å². The zero-order valence-corrected chi connectivity index (χ0v) is 11.3. The highest BCUT2D eigenvalue weighted by Gasteiger charge is 2.14. The third-order valence-electron chi connectivity index (χ3n) is 2.48. The third-order valence-corrected chi connectivity index (χ3v) is 5.28. The van der Waals surface area contributed by atoms with Gasteiger partial charge in [-0.1, -0.05) is 30.3 Å². The Hall–Kier alpha value is -1.21. The Balaban J connectivity index is 2.03. The van der Waals surface area contributed by atoms with Crippen molar-refractivity contribution >= 4 is 21.4 Å². The molecule has 0 bridgehead atoms. The van der Waals surface area contributed by atoms with Crippen LogP contribution >= 0.6 is 11.3 Å². The van der Waals surface area contributed by atoms with Crippen molar-refractivity contribution in [3.8, 4) is 0 Å². The van der Waals surface area contributed by atoms with Crippen molar-refractivity contribution in [1.82, 2.24) is 4.72 Å². The van der Waals surface area contributed by atoms with Gasteiger partial charge in [0.15, 0.2) is 0 Å². The second-order valence-electron chi connectivity index (χ2n) is 3.78. The van der Waals surface area contributed by atoms with Gasteiger partial charge in [-0.3, -0.25) is 0 Å². The lowest BCUT2D eigenvalue weighted by atomic mass is 10.1. The lowest BCUT2D eigenvalue weighted by Crippen LogP contribution is -2.22. The number of sulfonamides is 1. The van der Waals surface area contributed by atoms with E-state index in [1.54, 1.807) is 17.5 Å². The summed E-state index contributed by atoms with van der Waals surface area (Å²) in [7, 11) is -3.39. The molecule has 1 heterocycles. The second-order valence-corrected chi connectivity index (χ2v) is 6.72. The van der Waals surface area contributed by atoms with Crippen LogP contribution in [0.1, 0.15) is 11.1 Å². The van der Waals surface area contributed by atoms with Gasteiger partial charge in [-0.2, -0.15) is 0 Å². The Kier molecular flexibility index (Phi) is 4.13. The standard InChI is InChI=1S/C12H14N2O2S2/c13-8-10-3-5-11(6-4-10)9-14-18(15,16)12-2-1-7-17-12/h1-7,14H,8-9,13H2. The zero-order valence-electron chi connectivity index (χ0n) is 9.67. The molecule has 0 aliphatic carbocycles. The van der Waals surface area contributed by atoms with E-state index < -0.39 is 10.0 Å². The van der Waals surface area contributed by atoms with Gasteiger partial charge in [-0.25, -0.2) is 13.1 Å². The molecule has 6 heteroatoms. The van der Waals surface area contributed by atoms with Gasteiger partial charge < -0.3 is 5.73 Å². The van der Waals surface area contributed by atoms with Gasteiger partial charge in [0, 0.05) is 13.1 Å². The largest absolute Gasteiger partial charge is 0.326 e. The highest BCUT2D eigenvalue weighted by molar-refractivity contribution is 7.91. The first-order valence-electron chi connectivity index (χ1n) is 5.43. The quantitative estimate of drug-likeness (QED) is 0.876. The van der Waals surface area contributed by atoms with E-state index >= 15 is 0 Å². The second kappa shape index (κ2) is 5.62. The number of hydrogen-bond acceptors (Lipinski definition) is 4. The summed E-state index contributed by atoms with van der Waals surface area (Å²) < 4.78 is 26.6. The van der Waals surface area contributed by atoms with Crippen molar-refractivity contribution in [2.45, 2.75) is 17.3 Å². The Labute approximate surface area is 111 Å². The Morgan fingerprint density at radius 1 is 1.11 bits per heavy atom. The first kappa shape index (κ1) is 13.2. The molecule has 0 aliphatic heterocycles. The van der Waals surface area contributed by atoms with Crippen LogP contribution in [0, 0.1) is 0 Å². The molecule has 2 rings (SSSR count). The van der Waals surface area contributed by atoms with Gasteiger partial charge in [0.05, 0.1) is 0 Å². The minimum absolute atomic E-state index is 0.283. The van der Waals surface area contributed by atoms with Crippen molar-refractivity contribution in [3.05, 3.63) is 52.9 Å². The van der Waals surface area contributed by atoms with E-state index in [0.717, 1.165) is 11.1 Å². The van der Waals surface area contributed by atoms with Gasteiger partial charge >= 0.3 is 0 Å². The van der Waals surface area contributed by atoms with Gasteiger partial charge in [0.25, 0.3) is 0 Å². The third kappa shape index (κ3) is 3.17. The van der Waals surface area contributed by atoms with E-state index in [1.807, 2.05) is 24.3 Å². The van der Waals surface area contributed by atoms with Crippen LogP contribution in [0.25, 0.3) is 0 Å². The fraction of sp³-hybridized carbons (Fsp3) is 0.167. The summed E-state index contributed by atoms with van der Waals surface area (Å²) in [6.07, 6.45) is 0. The van der Waals surface area contributed by atoms with Crippen LogP contribution in [0.15, 0.2) is 46.0 Å². The molecule has 0 fully saturated rings. The average molecular weight is 282 g/mol. The fourth-order valence-electron chi connectivity index (χ4n) is 1.46. The molecule has 0 aliphatic rings. The Bertz CT molecular complexity index is 590. The lowest BCUT2D eigenvalue weighted by molar-refractivity contribution is 0.583. The highest BCUT2D eigenvalue weighted by Crippen LogP contribution is 2.15. The molecule has 0 radical (unpaired) electrons. The molecular weight excluding hydrogens is 268 g/mol. The summed E-state index contributed by atoms with van der Waals surface area (Å²) in [5, 5.41) is 1.74. The topological polar surface area (TPSA) is 72.2 Å². The molecule has 1 aromatic heterocycles. The molecule has 3 N–H and O–H groups in total. The summed E-state index contributed by atoms with van der Waals surface area (Å²) in [6.45, 7) is 0.770. The number of hydrogen-bond donors (Lipinski definition) is 2. The maximum Gasteiger partial charge on any atom is 0.250 e. The number of nitrogens with two attached hydrogens (primary N) is 1. The highest BCUT2D eigenvalue weighted by atomic mass is 32.2. The van der Waals surface area contributed by atoms with E-state index in [2.05, 4.69) is 4.72 Å². The van der Waals surface area contributed by atoms with Crippen LogP contribution in [-0.2, 0) is 23.1 Å². The molecule has 1 aromatic carbocycles. The van der Waals surface area contributed by atoms with Crippen molar-refractivity contribution < 1.29 is 8.42 Å².